The number of fused-ring (bicyclic) bond motifs is 1. The predicted molar refractivity (Wildman–Crippen MR) is 96.6 cm³/mol. The van der Waals surface area contributed by atoms with E-state index in [0.717, 1.165) is 16.5 Å². The summed E-state index contributed by atoms with van der Waals surface area (Å²) in [4.78, 5) is 48.9. The van der Waals surface area contributed by atoms with E-state index in [1.165, 1.54) is 0 Å². The van der Waals surface area contributed by atoms with Gasteiger partial charge in [-0.3, -0.25) is 14.4 Å². The maximum Gasteiger partial charge on any atom is 0.326 e. The first-order chi connectivity index (χ1) is 12.9. The van der Waals surface area contributed by atoms with Crippen LogP contribution in [0.1, 0.15) is 5.56 Å². The van der Waals surface area contributed by atoms with Crippen LogP contribution in [0.15, 0.2) is 30.5 Å². The highest BCUT2D eigenvalue weighted by Crippen LogP contribution is 2.19. The highest BCUT2D eigenvalue weighted by Gasteiger charge is 2.22. The lowest BCUT2D eigenvalue weighted by Gasteiger charge is -2.14. The molecule has 10 heteroatoms. The first-order valence-corrected chi connectivity index (χ1v) is 8.21. The molecule has 0 saturated carbocycles. The molecule has 10 nitrogen and oxygen atoms in total. The van der Waals surface area contributed by atoms with Crippen LogP contribution in [0.5, 0.6) is 0 Å². The standard InChI is InChI=1S/C17H21N5O5/c18-6-14(23)20-8-15(24)21-9-16(25)22-13(17(26)27)5-10-7-19-12-4-2-1-3-11(10)12/h1-4,7,13,19H,5-6,8-9,18H2,(H,20,23)(H,21,24)(H,22,25)(H,26,27). The van der Waals surface area contributed by atoms with Crippen LogP contribution in [-0.2, 0) is 25.6 Å². The van der Waals surface area contributed by atoms with Crippen LogP contribution in [0.2, 0.25) is 0 Å². The number of hydrogen-bond acceptors (Lipinski definition) is 5. The van der Waals surface area contributed by atoms with Gasteiger partial charge < -0.3 is 31.8 Å². The van der Waals surface area contributed by atoms with Crippen LogP contribution in [0, 0.1) is 0 Å². The van der Waals surface area contributed by atoms with Gasteiger partial charge in [-0.15, -0.1) is 0 Å². The fourth-order valence-corrected chi connectivity index (χ4v) is 2.46. The lowest BCUT2D eigenvalue weighted by atomic mass is 10.1. The number of aliphatic carboxylic acids is 1. The highest BCUT2D eigenvalue weighted by molar-refractivity contribution is 5.90. The van der Waals surface area contributed by atoms with Gasteiger partial charge in [0.2, 0.25) is 17.7 Å². The maximum absolute atomic E-state index is 11.9. The molecule has 0 bridgehead atoms. The van der Waals surface area contributed by atoms with E-state index in [9.17, 15) is 24.3 Å². The zero-order chi connectivity index (χ0) is 19.8. The molecule has 3 amide bonds. The van der Waals surface area contributed by atoms with Crippen LogP contribution < -0.4 is 21.7 Å². The van der Waals surface area contributed by atoms with Crippen molar-refractivity contribution in [3.8, 4) is 0 Å². The lowest BCUT2D eigenvalue weighted by Crippen LogP contribution is -2.48. The third kappa shape index (κ3) is 5.82. The molecule has 0 saturated heterocycles. The number of carbonyl (C=O) groups is 4. The number of nitrogens with two attached hydrogens (primary N) is 1. The minimum Gasteiger partial charge on any atom is -0.480 e. The van der Waals surface area contributed by atoms with Crippen molar-refractivity contribution in [2.75, 3.05) is 19.6 Å². The van der Waals surface area contributed by atoms with E-state index in [2.05, 4.69) is 20.9 Å². The monoisotopic (exact) mass is 375 g/mol. The summed E-state index contributed by atoms with van der Waals surface area (Å²) < 4.78 is 0. The Morgan fingerprint density at radius 2 is 1.70 bits per heavy atom. The van der Waals surface area contributed by atoms with E-state index in [-0.39, 0.29) is 19.5 Å². The van der Waals surface area contributed by atoms with Gasteiger partial charge in [0.25, 0.3) is 0 Å². The Morgan fingerprint density at radius 3 is 2.41 bits per heavy atom. The van der Waals surface area contributed by atoms with Crippen molar-refractivity contribution in [1.82, 2.24) is 20.9 Å². The van der Waals surface area contributed by atoms with Gasteiger partial charge in [0.05, 0.1) is 19.6 Å². The minimum atomic E-state index is -1.19. The van der Waals surface area contributed by atoms with Crippen LogP contribution in [-0.4, -0.2) is 59.5 Å². The Balaban J connectivity index is 1.88. The Morgan fingerprint density at radius 1 is 1.04 bits per heavy atom. The van der Waals surface area contributed by atoms with Crippen molar-refractivity contribution in [2.24, 2.45) is 5.73 Å². The number of hydrogen-bond donors (Lipinski definition) is 6. The summed E-state index contributed by atoms with van der Waals surface area (Å²) in [5.41, 5.74) is 6.71. The predicted octanol–water partition coefficient (Wildman–Crippen LogP) is -1.53. The number of rotatable bonds is 9. The third-order valence-corrected chi connectivity index (χ3v) is 3.81. The summed E-state index contributed by atoms with van der Waals surface area (Å²) in [5, 5.41) is 17.2. The molecule has 1 atom stereocenters. The van der Waals surface area contributed by atoms with Crippen LogP contribution >= 0.6 is 0 Å². The molecule has 7 N–H and O–H groups in total. The minimum absolute atomic E-state index is 0.0889. The number of benzene rings is 1. The zero-order valence-corrected chi connectivity index (χ0v) is 14.5. The Hall–Kier alpha value is -3.40. The molecule has 1 aromatic carbocycles. The second-order valence-electron chi connectivity index (χ2n) is 5.78. The smallest absolute Gasteiger partial charge is 0.326 e. The van der Waals surface area contributed by atoms with E-state index in [0.29, 0.717) is 0 Å². The average Bonchev–Trinajstić information content (AvgIpc) is 3.06. The van der Waals surface area contributed by atoms with Crippen molar-refractivity contribution in [2.45, 2.75) is 12.5 Å². The summed E-state index contributed by atoms with van der Waals surface area (Å²) in [6.07, 6.45) is 1.79. The first-order valence-electron chi connectivity index (χ1n) is 8.21. The van der Waals surface area contributed by atoms with Gasteiger partial charge >= 0.3 is 5.97 Å². The molecular formula is C17H21N5O5. The van der Waals surface area contributed by atoms with Gasteiger partial charge in [-0.25, -0.2) is 4.79 Å². The quantitative estimate of drug-likeness (QED) is 0.311. The molecule has 0 spiro atoms. The average molecular weight is 375 g/mol. The molecule has 1 aromatic heterocycles. The topological polar surface area (TPSA) is 166 Å². The summed E-state index contributed by atoms with van der Waals surface area (Å²) in [5.74, 6) is -2.93. The third-order valence-electron chi connectivity index (χ3n) is 3.81. The van der Waals surface area contributed by atoms with E-state index >= 15 is 0 Å². The SMILES string of the molecule is NCC(=O)NCC(=O)NCC(=O)NC(Cc1c[nH]c2ccccc12)C(=O)O. The molecule has 2 rings (SSSR count). The summed E-state index contributed by atoms with van der Waals surface area (Å²) in [6.45, 7) is -0.974. The molecular weight excluding hydrogens is 354 g/mol. The van der Waals surface area contributed by atoms with Crippen molar-refractivity contribution in [3.63, 3.8) is 0 Å². The Kier molecular flexibility index (Phi) is 6.89. The van der Waals surface area contributed by atoms with Gasteiger partial charge in [-0.2, -0.15) is 0 Å². The van der Waals surface area contributed by atoms with Crippen molar-refractivity contribution < 1.29 is 24.3 Å². The van der Waals surface area contributed by atoms with Gasteiger partial charge in [-0.05, 0) is 11.6 Å². The summed E-state index contributed by atoms with van der Waals surface area (Å²) in [6, 6.07) is 6.28. The molecule has 0 radical (unpaired) electrons. The Bertz CT molecular complexity index is 847. The Labute approximate surface area is 154 Å². The maximum atomic E-state index is 11.9. The zero-order valence-electron chi connectivity index (χ0n) is 14.5. The van der Waals surface area contributed by atoms with Crippen LogP contribution in [0.3, 0.4) is 0 Å². The highest BCUT2D eigenvalue weighted by atomic mass is 16.4. The second kappa shape index (κ2) is 9.34. The van der Waals surface area contributed by atoms with Gasteiger partial charge in [0.15, 0.2) is 0 Å². The molecule has 2 aromatic rings. The number of carbonyl (C=O) groups excluding carboxylic acids is 3. The van der Waals surface area contributed by atoms with Crippen molar-refractivity contribution in [1.29, 1.82) is 0 Å². The number of amides is 3. The van der Waals surface area contributed by atoms with Crippen molar-refractivity contribution >= 4 is 34.6 Å². The van der Waals surface area contributed by atoms with E-state index < -0.39 is 36.3 Å². The number of nitrogens with one attached hydrogen (secondary N) is 4. The number of carboxylic acids is 1. The van der Waals surface area contributed by atoms with E-state index in [1.54, 1.807) is 6.20 Å². The molecule has 1 unspecified atom stereocenters. The fourth-order valence-electron chi connectivity index (χ4n) is 2.46. The van der Waals surface area contributed by atoms with Gasteiger partial charge in [0.1, 0.15) is 6.04 Å². The molecule has 0 aliphatic carbocycles. The van der Waals surface area contributed by atoms with Crippen molar-refractivity contribution in [3.05, 3.63) is 36.0 Å². The molecule has 1 heterocycles. The van der Waals surface area contributed by atoms with Crippen LogP contribution in [0.25, 0.3) is 10.9 Å². The normalized spacial score (nSPS) is 11.6. The fraction of sp³-hybridized carbons (Fsp3) is 0.294. The van der Waals surface area contributed by atoms with E-state index in [1.807, 2.05) is 24.3 Å². The summed E-state index contributed by atoms with van der Waals surface area (Å²) in [7, 11) is 0. The molecule has 0 aliphatic rings. The molecule has 0 aliphatic heterocycles. The number of para-hydroxylation sites is 1. The molecule has 0 fully saturated rings. The molecule has 144 valence electrons. The lowest BCUT2D eigenvalue weighted by molar-refractivity contribution is -0.141. The molecule has 27 heavy (non-hydrogen) atoms. The second-order valence-corrected chi connectivity index (χ2v) is 5.78. The van der Waals surface area contributed by atoms with Gasteiger partial charge in [-0.1, -0.05) is 18.2 Å². The first kappa shape index (κ1) is 19.9. The largest absolute Gasteiger partial charge is 0.480 e. The summed E-state index contributed by atoms with van der Waals surface area (Å²) >= 11 is 0. The van der Waals surface area contributed by atoms with Crippen LogP contribution in [0.4, 0.5) is 0 Å². The number of H-pyrrole nitrogens is 1. The number of aromatic amines is 1. The van der Waals surface area contributed by atoms with Gasteiger partial charge in [0, 0.05) is 23.5 Å². The number of aromatic nitrogens is 1. The van der Waals surface area contributed by atoms with E-state index in [4.69, 9.17) is 5.73 Å². The number of carboxylic acid groups (broad SMARTS) is 1.